The zero-order valence-corrected chi connectivity index (χ0v) is 7.89. The van der Waals surface area contributed by atoms with Crippen molar-refractivity contribution in [1.82, 2.24) is 14.9 Å². The van der Waals surface area contributed by atoms with Crippen molar-refractivity contribution in [2.75, 3.05) is 6.54 Å². The zero-order valence-electron chi connectivity index (χ0n) is 7.89. The number of aromatic nitrogens is 2. The Kier molecular flexibility index (Phi) is 1.68. The Morgan fingerprint density at radius 3 is 2.92 bits per heavy atom. The molecule has 1 aromatic heterocycles. The molecule has 0 bridgehead atoms. The summed E-state index contributed by atoms with van der Waals surface area (Å²) in [6, 6.07) is 0.408. The number of aryl methyl sites for hydroxylation is 1. The average molecular weight is 165 g/mol. The Bertz CT molecular complexity index is 301. The summed E-state index contributed by atoms with van der Waals surface area (Å²) in [4.78, 5) is 4.53. The van der Waals surface area contributed by atoms with E-state index in [-0.39, 0.29) is 0 Å². The van der Waals surface area contributed by atoms with Crippen molar-refractivity contribution in [3.05, 3.63) is 17.2 Å². The lowest BCUT2D eigenvalue weighted by atomic mass is 10.2. The van der Waals surface area contributed by atoms with Crippen molar-refractivity contribution in [3.8, 4) is 0 Å². The van der Waals surface area contributed by atoms with Gasteiger partial charge in [0.05, 0.1) is 11.7 Å². The highest BCUT2D eigenvalue weighted by Gasteiger charge is 2.19. The molecule has 12 heavy (non-hydrogen) atoms. The Labute approximate surface area is 72.8 Å². The second kappa shape index (κ2) is 2.59. The number of fused-ring (bicyclic) bond motifs is 1. The minimum Gasteiger partial charge on any atom is -0.329 e. The molecule has 1 atom stereocenters. The maximum Gasteiger partial charge on any atom is 0.126 e. The molecule has 0 spiro atoms. The van der Waals surface area contributed by atoms with Gasteiger partial charge in [-0.05, 0) is 20.8 Å². The molecule has 2 rings (SSSR count). The monoisotopic (exact) mass is 165 g/mol. The van der Waals surface area contributed by atoms with Crippen LogP contribution >= 0.6 is 0 Å². The molecule has 0 radical (unpaired) electrons. The first-order valence-corrected chi connectivity index (χ1v) is 4.47. The first-order valence-electron chi connectivity index (χ1n) is 4.47. The predicted molar refractivity (Wildman–Crippen MR) is 48.1 cm³/mol. The van der Waals surface area contributed by atoms with E-state index in [4.69, 9.17) is 0 Å². The van der Waals surface area contributed by atoms with Crippen molar-refractivity contribution in [1.29, 1.82) is 0 Å². The molecule has 0 saturated carbocycles. The van der Waals surface area contributed by atoms with Gasteiger partial charge in [-0.15, -0.1) is 0 Å². The largest absolute Gasteiger partial charge is 0.329 e. The summed E-state index contributed by atoms with van der Waals surface area (Å²) in [6.45, 7) is 8.51. The summed E-state index contributed by atoms with van der Waals surface area (Å²) >= 11 is 0. The topological polar surface area (TPSA) is 29.9 Å². The third-order valence-corrected chi connectivity index (χ3v) is 2.66. The van der Waals surface area contributed by atoms with Crippen LogP contribution < -0.4 is 5.32 Å². The van der Waals surface area contributed by atoms with Gasteiger partial charge in [-0.1, -0.05) is 0 Å². The molecule has 1 aliphatic heterocycles. The highest BCUT2D eigenvalue weighted by molar-refractivity contribution is 5.17. The first-order chi connectivity index (χ1) is 5.70. The number of imidazole rings is 1. The average Bonchev–Trinajstić information content (AvgIpc) is 2.32. The molecule has 3 heteroatoms. The maximum atomic E-state index is 4.53. The first kappa shape index (κ1) is 7.80. The SMILES string of the molecule is Cc1nc2n(c1C)CCNC2C. The van der Waals surface area contributed by atoms with Crippen LogP contribution in [0.5, 0.6) is 0 Å². The molecule has 3 nitrogen and oxygen atoms in total. The molecule has 1 N–H and O–H groups in total. The van der Waals surface area contributed by atoms with Crippen molar-refractivity contribution in [2.45, 2.75) is 33.4 Å². The summed E-state index contributed by atoms with van der Waals surface area (Å²) in [6.07, 6.45) is 0. The lowest BCUT2D eigenvalue weighted by Crippen LogP contribution is -2.32. The Hall–Kier alpha value is -0.830. The molecule has 66 valence electrons. The van der Waals surface area contributed by atoms with Crippen molar-refractivity contribution in [3.63, 3.8) is 0 Å². The van der Waals surface area contributed by atoms with Gasteiger partial charge in [-0.25, -0.2) is 4.98 Å². The van der Waals surface area contributed by atoms with Gasteiger partial charge in [-0.3, -0.25) is 0 Å². The highest BCUT2D eigenvalue weighted by atomic mass is 15.2. The number of hydrogen-bond donors (Lipinski definition) is 1. The molecular weight excluding hydrogens is 150 g/mol. The predicted octanol–water partition coefficient (Wildman–Crippen LogP) is 1.16. The lowest BCUT2D eigenvalue weighted by Gasteiger charge is -2.22. The summed E-state index contributed by atoms with van der Waals surface area (Å²) < 4.78 is 2.32. The summed E-state index contributed by atoms with van der Waals surface area (Å²) in [5.74, 6) is 1.19. The van der Waals surface area contributed by atoms with Crippen LogP contribution in [-0.2, 0) is 6.54 Å². The van der Waals surface area contributed by atoms with Gasteiger partial charge in [0.25, 0.3) is 0 Å². The number of nitrogens with zero attached hydrogens (tertiary/aromatic N) is 2. The molecule has 0 saturated heterocycles. The van der Waals surface area contributed by atoms with E-state index in [9.17, 15) is 0 Å². The Morgan fingerprint density at radius 2 is 2.25 bits per heavy atom. The fourth-order valence-electron chi connectivity index (χ4n) is 1.78. The molecule has 1 aliphatic rings. The van der Waals surface area contributed by atoms with Crippen LogP contribution in [0.1, 0.15) is 30.2 Å². The van der Waals surface area contributed by atoms with Crippen LogP contribution in [0.2, 0.25) is 0 Å². The molecule has 0 fully saturated rings. The summed E-state index contributed by atoms with van der Waals surface area (Å²) in [5, 5.41) is 3.40. The number of hydrogen-bond acceptors (Lipinski definition) is 2. The van der Waals surface area contributed by atoms with Crippen LogP contribution in [0, 0.1) is 13.8 Å². The van der Waals surface area contributed by atoms with E-state index in [2.05, 4.69) is 35.6 Å². The molecule has 0 aromatic carbocycles. The molecule has 0 aliphatic carbocycles. The van der Waals surface area contributed by atoms with Gasteiger partial charge < -0.3 is 9.88 Å². The smallest absolute Gasteiger partial charge is 0.126 e. The van der Waals surface area contributed by atoms with Gasteiger partial charge in [-0.2, -0.15) is 0 Å². The van der Waals surface area contributed by atoms with Crippen LogP contribution in [0.4, 0.5) is 0 Å². The normalized spacial score (nSPS) is 22.4. The fraction of sp³-hybridized carbons (Fsp3) is 0.667. The third-order valence-electron chi connectivity index (χ3n) is 2.66. The Morgan fingerprint density at radius 1 is 1.50 bits per heavy atom. The van der Waals surface area contributed by atoms with Gasteiger partial charge in [0.1, 0.15) is 5.82 Å². The third kappa shape index (κ3) is 0.966. The molecule has 1 unspecified atom stereocenters. The van der Waals surface area contributed by atoms with E-state index >= 15 is 0 Å². The van der Waals surface area contributed by atoms with Gasteiger partial charge in [0.15, 0.2) is 0 Å². The van der Waals surface area contributed by atoms with E-state index in [0.717, 1.165) is 13.1 Å². The molecular formula is C9H15N3. The van der Waals surface area contributed by atoms with Gasteiger partial charge in [0, 0.05) is 18.8 Å². The zero-order chi connectivity index (χ0) is 8.72. The van der Waals surface area contributed by atoms with Crippen molar-refractivity contribution < 1.29 is 0 Å². The molecule has 0 amide bonds. The van der Waals surface area contributed by atoms with E-state index in [1.165, 1.54) is 17.2 Å². The van der Waals surface area contributed by atoms with Crippen molar-refractivity contribution >= 4 is 0 Å². The van der Waals surface area contributed by atoms with Crippen molar-refractivity contribution in [2.24, 2.45) is 0 Å². The number of rotatable bonds is 0. The van der Waals surface area contributed by atoms with Gasteiger partial charge in [0.2, 0.25) is 0 Å². The molecule has 1 aromatic rings. The van der Waals surface area contributed by atoms with Crippen LogP contribution in [0.15, 0.2) is 0 Å². The van der Waals surface area contributed by atoms with E-state index in [1.54, 1.807) is 0 Å². The summed E-state index contributed by atoms with van der Waals surface area (Å²) in [7, 11) is 0. The van der Waals surface area contributed by atoms with Crippen LogP contribution in [0.25, 0.3) is 0 Å². The second-order valence-electron chi connectivity index (χ2n) is 3.47. The van der Waals surface area contributed by atoms with Gasteiger partial charge >= 0.3 is 0 Å². The maximum absolute atomic E-state index is 4.53. The highest BCUT2D eigenvalue weighted by Crippen LogP contribution is 2.19. The fourth-order valence-corrected chi connectivity index (χ4v) is 1.78. The van der Waals surface area contributed by atoms with Crippen LogP contribution in [0.3, 0.4) is 0 Å². The summed E-state index contributed by atoms with van der Waals surface area (Å²) in [5.41, 5.74) is 2.49. The quantitative estimate of drug-likeness (QED) is 0.625. The van der Waals surface area contributed by atoms with Crippen LogP contribution in [-0.4, -0.2) is 16.1 Å². The van der Waals surface area contributed by atoms with E-state index < -0.39 is 0 Å². The minimum absolute atomic E-state index is 0.408. The Balaban J connectivity index is 2.52. The van der Waals surface area contributed by atoms with E-state index in [1.807, 2.05) is 0 Å². The lowest BCUT2D eigenvalue weighted by molar-refractivity contribution is 0.432. The second-order valence-corrected chi connectivity index (χ2v) is 3.47. The standard InChI is InChI=1S/C9H15N3/c1-6-8(3)12-5-4-10-7(2)9(12)11-6/h7,10H,4-5H2,1-3H3. The minimum atomic E-state index is 0.408. The molecule has 2 heterocycles. The number of nitrogens with one attached hydrogen (secondary N) is 1. The van der Waals surface area contributed by atoms with E-state index in [0.29, 0.717) is 6.04 Å².